The number of Topliss-reactive ketones (excluding diaryl/α,β-unsaturated/α-hetero) is 1. The van der Waals surface area contributed by atoms with Gasteiger partial charge in [-0.2, -0.15) is 0 Å². The number of benzene rings is 6. The molecule has 1 saturated heterocycles. The predicted molar refractivity (Wildman–Crippen MR) is 179 cm³/mol. The number of carbonyl (C=O) groups excluding carboxylic acids is 1. The van der Waals surface area contributed by atoms with E-state index in [-0.39, 0.29) is 11.4 Å². The van der Waals surface area contributed by atoms with Gasteiger partial charge < -0.3 is 0 Å². The molecule has 43 heavy (non-hydrogen) atoms. The first-order valence-electron chi connectivity index (χ1n) is 14.8. The van der Waals surface area contributed by atoms with Crippen LogP contribution in [0, 0.1) is 5.92 Å². The Morgan fingerprint density at radius 1 is 0.442 bits per heavy atom. The van der Waals surface area contributed by atoms with Crippen molar-refractivity contribution in [2.45, 2.75) is 11.8 Å². The summed E-state index contributed by atoms with van der Waals surface area (Å²) in [6.45, 7) is -3.95. The van der Waals surface area contributed by atoms with E-state index in [1.807, 2.05) is 54.6 Å². The molecule has 0 amide bonds. The van der Waals surface area contributed by atoms with Crippen molar-refractivity contribution in [3.8, 4) is 0 Å². The molecule has 1 fully saturated rings. The van der Waals surface area contributed by atoms with Gasteiger partial charge >= 0.3 is 254 Å². The van der Waals surface area contributed by atoms with Crippen molar-refractivity contribution in [2.24, 2.45) is 5.92 Å². The molecule has 3 heteroatoms. The topological polar surface area (TPSA) is 26.3 Å². The van der Waals surface area contributed by atoms with Crippen LogP contribution < -0.4 is 15.9 Å². The monoisotopic (exact) mass is 576 g/mol. The van der Waals surface area contributed by atoms with Crippen molar-refractivity contribution in [3.63, 3.8) is 0 Å². The van der Waals surface area contributed by atoms with E-state index in [0.29, 0.717) is 5.56 Å². The molecule has 1 aliphatic rings. The third kappa shape index (κ3) is 4.21. The van der Waals surface area contributed by atoms with Crippen LogP contribution in [-0.4, -0.2) is 5.78 Å². The van der Waals surface area contributed by atoms with E-state index in [1.165, 1.54) is 0 Å². The summed E-state index contributed by atoms with van der Waals surface area (Å²) in [5.41, 5.74) is 2.51. The standard InChI is InChI=1S/C40H33O2P/c41-38(31-19-7-1-8-20-31)37-39(32-21-9-2-10-22-32)42-43(34-25-13-4-14-26-34,35-27-15-5-16-28-35,36-29-17-6-18-30-36)40(37)33-23-11-3-12-24-33/h1-30,37,39-40H. The average Bonchev–Trinajstić information content (AvgIpc) is 3.45. The molecule has 0 spiro atoms. The molecule has 0 aliphatic carbocycles. The second kappa shape index (κ2) is 11.2. The summed E-state index contributed by atoms with van der Waals surface area (Å²) in [7, 11) is 0. The van der Waals surface area contributed by atoms with Gasteiger partial charge in [0, 0.05) is 0 Å². The van der Waals surface area contributed by atoms with Crippen LogP contribution in [0.15, 0.2) is 182 Å². The number of carbonyl (C=O) groups is 1. The predicted octanol–water partition coefficient (Wildman–Crippen LogP) is 8.44. The average molecular weight is 577 g/mol. The van der Waals surface area contributed by atoms with Gasteiger partial charge in [0.1, 0.15) is 0 Å². The van der Waals surface area contributed by atoms with Gasteiger partial charge in [0.25, 0.3) is 0 Å². The fourth-order valence-corrected chi connectivity index (χ4v) is 14.3. The number of rotatable bonds is 7. The zero-order chi connectivity index (χ0) is 29.1. The molecule has 1 heterocycles. The summed E-state index contributed by atoms with van der Waals surface area (Å²) >= 11 is 0. The summed E-state index contributed by atoms with van der Waals surface area (Å²) in [5, 5.41) is 3.34. The van der Waals surface area contributed by atoms with Gasteiger partial charge in [0.05, 0.1) is 0 Å². The van der Waals surface area contributed by atoms with Crippen molar-refractivity contribution >= 4 is 28.5 Å². The molecule has 2 nitrogen and oxygen atoms in total. The summed E-state index contributed by atoms with van der Waals surface area (Å²) in [4.78, 5) is 15.1. The van der Waals surface area contributed by atoms with Crippen molar-refractivity contribution in [3.05, 3.63) is 199 Å². The van der Waals surface area contributed by atoms with Gasteiger partial charge in [-0.1, -0.05) is 0 Å². The summed E-state index contributed by atoms with van der Waals surface area (Å²) in [5.74, 6) is -0.400. The number of hydrogen-bond acceptors (Lipinski definition) is 2. The molecule has 1 aliphatic heterocycles. The molecule has 0 bridgehead atoms. The van der Waals surface area contributed by atoms with Gasteiger partial charge in [0.2, 0.25) is 0 Å². The SMILES string of the molecule is O=C(c1ccccc1)C1C(c2ccccc2)OP(c2ccccc2)(c2ccccc2)(c2ccccc2)C1c1ccccc1. The fraction of sp³-hybridized carbons (Fsp3) is 0.0750. The first-order chi connectivity index (χ1) is 21.2. The fourth-order valence-electron chi connectivity index (χ4n) is 7.25. The summed E-state index contributed by atoms with van der Waals surface area (Å²) < 4.78 is 8.01. The van der Waals surface area contributed by atoms with Crippen LogP contribution in [-0.2, 0) is 4.52 Å². The molecule has 0 N–H and O–H groups in total. The van der Waals surface area contributed by atoms with Gasteiger partial charge in [-0.15, -0.1) is 0 Å². The molecule has 3 atom stereocenters. The first-order valence-corrected chi connectivity index (χ1v) is 17.0. The normalized spacial score (nSPS) is 21.3. The second-order valence-electron chi connectivity index (χ2n) is 11.2. The van der Waals surface area contributed by atoms with Gasteiger partial charge in [-0.3, -0.25) is 0 Å². The Kier molecular flexibility index (Phi) is 7.11. The van der Waals surface area contributed by atoms with Crippen LogP contribution in [0.25, 0.3) is 0 Å². The Hall–Kier alpha value is -4.62. The van der Waals surface area contributed by atoms with Crippen molar-refractivity contribution in [2.75, 3.05) is 0 Å². The Morgan fingerprint density at radius 2 is 0.791 bits per heavy atom. The molecule has 0 radical (unpaired) electrons. The van der Waals surface area contributed by atoms with Crippen molar-refractivity contribution in [1.29, 1.82) is 0 Å². The van der Waals surface area contributed by atoms with Crippen molar-refractivity contribution in [1.82, 2.24) is 0 Å². The Bertz CT molecular complexity index is 1710. The van der Waals surface area contributed by atoms with E-state index in [9.17, 15) is 0 Å². The third-order valence-electron chi connectivity index (χ3n) is 8.97. The quantitative estimate of drug-likeness (QED) is 0.141. The first kappa shape index (κ1) is 27.2. The van der Waals surface area contributed by atoms with E-state index < -0.39 is 18.9 Å². The van der Waals surface area contributed by atoms with Gasteiger partial charge in [-0.25, -0.2) is 0 Å². The number of hydrogen-bond donors (Lipinski definition) is 0. The number of ketones is 1. The minimum atomic E-state index is -3.95. The molecule has 7 rings (SSSR count). The van der Waals surface area contributed by atoms with E-state index in [1.54, 1.807) is 0 Å². The van der Waals surface area contributed by atoms with Crippen LogP contribution in [0.4, 0.5) is 0 Å². The summed E-state index contributed by atoms with van der Waals surface area (Å²) in [6, 6.07) is 62.7. The van der Waals surface area contributed by atoms with Crippen LogP contribution in [0.1, 0.15) is 33.2 Å². The zero-order valence-corrected chi connectivity index (χ0v) is 24.7. The molecule has 210 valence electrons. The maximum atomic E-state index is 15.1. The van der Waals surface area contributed by atoms with E-state index in [4.69, 9.17) is 4.52 Å². The third-order valence-corrected chi connectivity index (χ3v) is 15.3. The van der Waals surface area contributed by atoms with E-state index in [2.05, 4.69) is 127 Å². The summed E-state index contributed by atoms with van der Waals surface area (Å²) in [6.07, 6.45) is -0.489. The van der Waals surface area contributed by atoms with Gasteiger partial charge in [-0.05, 0) is 0 Å². The minimum absolute atomic E-state index is 0.0950. The molecule has 0 aromatic heterocycles. The molecule has 6 aromatic carbocycles. The second-order valence-corrected chi connectivity index (χ2v) is 15.7. The van der Waals surface area contributed by atoms with Crippen LogP contribution in [0.5, 0.6) is 0 Å². The van der Waals surface area contributed by atoms with Crippen LogP contribution in [0.2, 0.25) is 0 Å². The van der Waals surface area contributed by atoms with Crippen LogP contribution in [0.3, 0.4) is 0 Å². The van der Waals surface area contributed by atoms with Crippen molar-refractivity contribution < 1.29 is 9.32 Å². The molecular weight excluding hydrogens is 543 g/mol. The Balaban J connectivity index is 1.69. The van der Waals surface area contributed by atoms with Crippen LogP contribution >= 0.6 is 6.83 Å². The molecule has 0 saturated carbocycles. The maximum absolute atomic E-state index is 15.1. The Morgan fingerprint density at radius 3 is 1.21 bits per heavy atom. The molecule has 6 aromatic rings. The van der Waals surface area contributed by atoms with E-state index in [0.717, 1.165) is 27.0 Å². The molecule has 3 unspecified atom stereocenters. The van der Waals surface area contributed by atoms with E-state index >= 15 is 4.79 Å². The van der Waals surface area contributed by atoms with Gasteiger partial charge in [0.15, 0.2) is 0 Å². The Labute approximate surface area is 253 Å². The molecular formula is C40H33O2P. The zero-order valence-electron chi connectivity index (χ0n) is 23.8.